The van der Waals surface area contributed by atoms with Crippen molar-refractivity contribution in [3.05, 3.63) is 0 Å². The molecule has 1 saturated heterocycles. The molecule has 0 bridgehead atoms. The highest BCUT2D eigenvalue weighted by molar-refractivity contribution is 5.84. The van der Waals surface area contributed by atoms with Gasteiger partial charge in [-0.25, -0.2) is 0 Å². The Labute approximate surface area is 105 Å². The molecule has 2 fully saturated rings. The molecule has 0 aromatic rings. The molecule has 0 aromatic carbocycles. The number of nitrogens with zero attached hydrogens (tertiary/aromatic N) is 1. The lowest BCUT2D eigenvalue weighted by Crippen LogP contribution is -2.43. The number of nitrogens with one attached hydrogen (secondary N) is 1. The van der Waals surface area contributed by atoms with Gasteiger partial charge >= 0.3 is 0 Å². The average molecular weight is 238 g/mol. The lowest BCUT2D eigenvalue weighted by atomic mass is 9.78. The summed E-state index contributed by atoms with van der Waals surface area (Å²) in [6, 6.07) is 0.523. The summed E-state index contributed by atoms with van der Waals surface area (Å²) in [5, 5.41) is 3.36. The fraction of sp³-hybridized carbons (Fsp3) is 0.929. The Hall–Kier alpha value is -0.570. The molecule has 1 amide bonds. The highest BCUT2D eigenvalue weighted by Crippen LogP contribution is 2.33. The van der Waals surface area contributed by atoms with Crippen molar-refractivity contribution in [1.82, 2.24) is 10.2 Å². The van der Waals surface area contributed by atoms with Gasteiger partial charge < -0.3 is 4.90 Å². The third-order valence-corrected chi connectivity index (χ3v) is 4.71. The smallest absolute Gasteiger partial charge is 0.241 e. The highest BCUT2D eigenvalue weighted by atomic mass is 16.2. The molecule has 0 spiro atoms. The topological polar surface area (TPSA) is 32.3 Å². The Morgan fingerprint density at radius 3 is 2.47 bits per heavy atom. The van der Waals surface area contributed by atoms with Crippen LogP contribution in [0.3, 0.4) is 0 Å². The first-order valence-electron chi connectivity index (χ1n) is 7.04. The molecule has 1 aliphatic carbocycles. The SMILES string of the molecule is CC(C)C1NCN(C2CCC(C)C(C)C2)C1=O. The van der Waals surface area contributed by atoms with Crippen LogP contribution in [0, 0.1) is 17.8 Å². The quantitative estimate of drug-likeness (QED) is 0.800. The first kappa shape index (κ1) is 12.9. The van der Waals surface area contributed by atoms with Gasteiger partial charge in [-0.2, -0.15) is 0 Å². The van der Waals surface area contributed by atoms with E-state index in [1.165, 1.54) is 19.3 Å². The van der Waals surface area contributed by atoms with Crippen molar-refractivity contribution in [1.29, 1.82) is 0 Å². The van der Waals surface area contributed by atoms with Crippen LogP contribution in [0.2, 0.25) is 0 Å². The molecule has 0 radical (unpaired) electrons. The first-order chi connectivity index (χ1) is 8.00. The number of hydrogen-bond acceptors (Lipinski definition) is 2. The summed E-state index contributed by atoms with van der Waals surface area (Å²) in [4.78, 5) is 14.4. The summed E-state index contributed by atoms with van der Waals surface area (Å²) < 4.78 is 0. The van der Waals surface area contributed by atoms with Gasteiger partial charge in [0.15, 0.2) is 0 Å². The van der Waals surface area contributed by atoms with E-state index in [1.54, 1.807) is 0 Å². The van der Waals surface area contributed by atoms with Crippen molar-refractivity contribution in [2.45, 2.75) is 59.0 Å². The maximum Gasteiger partial charge on any atom is 0.241 e. The summed E-state index contributed by atoms with van der Waals surface area (Å²) in [7, 11) is 0. The maximum absolute atomic E-state index is 12.3. The summed E-state index contributed by atoms with van der Waals surface area (Å²) in [5.41, 5.74) is 0. The Kier molecular flexibility index (Phi) is 3.76. The van der Waals surface area contributed by atoms with E-state index in [4.69, 9.17) is 0 Å². The van der Waals surface area contributed by atoms with E-state index in [1.807, 2.05) is 0 Å². The number of rotatable bonds is 2. The second-order valence-corrected chi connectivity index (χ2v) is 6.31. The predicted octanol–water partition coefficient (Wildman–Crippen LogP) is 2.22. The van der Waals surface area contributed by atoms with Crippen LogP contribution in [0.15, 0.2) is 0 Å². The lowest BCUT2D eigenvalue weighted by molar-refractivity contribution is -0.132. The standard InChI is InChI=1S/C14H26N2O/c1-9(2)13-14(17)16(8-15-13)12-6-5-10(3)11(4)7-12/h9-13,15H,5-8H2,1-4H3. The zero-order chi connectivity index (χ0) is 12.6. The monoisotopic (exact) mass is 238 g/mol. The Morgan fingerprint density at radius 1 is 1.24 bits per heavy atom. The summed E-state index contributed by atoms with van der Waals surface area (Å²) in [6.07, 6.45) is 3.63. The Morgan fingerprint density at radius 2 is 1.94 bits per heavy atom. The summed E-state index contributed by atoms with van der Waals surface area (Å²) in [6.45, 7) is 9.65. The fourth-order valence-corrected chi connectivity index (χ4v) is 3.17. The Balaban J connectivity index is 1.98. The third kappa shape index (κ3) is 2.49. The van der Waals surface area contributed by atoms with Crippen LogP contribution in [-0.2, 0) is 4.79 Å². The molecule has 17 heavy (non-hydrogen) atoms. The van der Waals surface area contributed by atoms with Gasteiger partial charge in [-0.1, -0.05) is 27.7 Å². The molecule has 0 aromatic heterocycles. The van der Waals surface area contributed by atoms with Crippen LogP contribution in [0.1, 0.15) is 47.0 Å². The zero-order valence-electron chi connectivity index (χ0n) is 11.6. The van der Waals surface area contributed by atoms with Crippen molar-refractivity contribution >= 4 is 5.91 Å². The van der Waals surface area contributed by atoms with Crippen LogP contribution in [-0.4, -0.2) is 29.6 Å². The van der Waals surface area contributed by atoms with E-state index in [9.17, 15) is 4.79 Å². The summed E-state index contributed by atoms with van der Waals surface area (Å²) >= 11 is 0. The molecule has 98 valence electrons. The molecule has 1 N–H and O–H groups in total. The van der Waals surface area contributed by atoms with Gasteiger partial charge in [0, 0.05) is 6.04 Å². The molecule has 1 aliphatic heterocycles. The van der Waals surface area contributed by atoms with Crippen LogP contribution in [0.25, 0.3) is 0 Å². The second-order valence-electron chi connectivity index (χ2n) is 6.31. The molecule has 1 heterocycles. The summed E-state index contributed by atoms with van der Waals surface area (Å²) in [5.74, 6) is 2.29. The maximum atomic E-state index is 12.3. The molecule has 4 atom stereocenters. The molecule has 2 rings (SSSR count). The van der Waals surface area contributed by atoms with E-state index >= 15 is 0 Å². The Bertz CT molecular complexity index is 290. The number of amides is 1. The van der Waals surface area contributed by atoms with Gasteiger partial charge in [-0.3, -0.25) is 10.1 Å². The third-order valence-electron chi connectivity index (χ3n) is 4.71. The first-order valence-corrected chi connectivity index (χ1v) is 7.04. The van der Waals surface area contributed by atoms with Gasteiger partial charge in [0.1, 0.15) is 0 Å². The number of hydrogen-bond donors (Lipinski definition) is 1. The fourth-order valence-electron chi connectivity index (χ4n) is 3.17. The van der Waals surface area contributed by atoms with E-state index in [2.05, 4.69) is 37.9 Å². The van der Waals surface area contributed by atoms with E-state index in [-0.39, 0.29) is 6.04 Å². The molecule has 3 nitrogen and oxygen atoms in total. The van der Waals surface area contributed by atoms with Crippen molar-refractivity contribution in [3.63, 3.8) is 0 Å². The number of carbonyl (C=O) groups excluding carboxylic acids is 1. The largest absolute Gasteiger partial charge is 0.326 e. The molecular weight excluding hydrogens is 212 g/mol. The minimum absolute atomic E-state index is 0.0460. The lowest BCUT2D eigenvalue weighted by Gasteiger charge is -2.37. The van der Waals surface area contributed by atoms with Crippen LogP contribution in [0.5, 0.6) is 0 Å². The van der Waals surface area contributed by atoms with Gasteiger partial charge in [0.25, 0.3) is 0 Å². The van der Waals surface area contributed by atoms with Crippen molar-refractivity contribution in [3.8, 4) is 0 Å². The number of carbonyl (C=O) groups is 1. The minimum Gasteiger partial charge on any atom is -0.326 e. The van der Waals surface area contributed by atoms with Gasteiger partial charge in [-0.15, -0.1) is 0 Å². The van der Waals surface area contributed by atoms with Crippen molar-refractivity contribution in [2.75, 3.05) is 6.67 Å². The van der Waals surface area contributed by atoms with Gasteiger partial charge in [0.05, 0.1) is 12.7 Å². The van der Waals surface area contributed by atoms with Crippen LogP contribution in [0.4, 0.5) is 0 Å². The predicted molar refractivity (Wildman–Crippen MR) is 69.4 cm³/mol. The normalized spacial score (nSPS) is 39.1. The van der Waals surface area contributed by atoms with Crippen LogP contribution >= 0.6 is 0 Å². The van der Waals surface area contributed by atoms with E-state index < -0.39 is 0 Å². The van der Waals surface area contributed by atoms with Gasteiger partial charge in [0.2, 0.25) is 5.91 Å². The molecule has 2 aliphatic rings. The zero-order valence-corrected chi connectivity index (χ0v) is 11.6. The van der Waals surface area contributed by atoms with Crippen LogP contribution < -0.4 is 5.32 Å². The highest BCUT2D eigenvalue weighted by Gasteiger charge is 2.39. The molecule has 1 saturated carbocycles. The molecule has 3 heteroatoms. The molecule has 4 unspecified atom stereocenters. The second kappa shape index (κ2) is 4.97. The van der Waals surface area contributed by atoms with Gasteiger partial charge in [-0.05, 0) is 37.0 Å². The van der Waals surface area contributed by atoms with E-state index in [0.29, 0.717) is 17.9 Å². The molecular formula is C14H26N2O. The van der Waals surface area contributed by atoms with Crippen molar-refractivity contribution < 1.29 is 4.79 Å². The van der Waals surface area contributed by atoms with E-state index in [0.717, 1.165) is 18.5 Å². The van der Waals surface area contributed by atoms with Crippen molar-refractivity contribution in [2.24, 2.45) is 17.8 Å². The average Bonchev–Trinajstić information content (AvgIpc) is 2.64. The minimum atomic E-state index is 0.0460.